The van der Waals surface area contributed by atoms with Crippen LogP contribution in [0.3, 0.4) is 0 Å². The number of benzene rings is 1. The van der Waals surface area contributed by atoms with Gasteiger partial charge in [0, 0.05) is 24.3 Å². The lowest BCUT2D eigenvalue weighted by atomic mass is 9.93. The van der Waals surface area contributed by atoms with E-state index in [2.05, 4.69) is 5.32 Å². The third-order valence-corrected chi connectivity index (χ3v) is 2.78. The molecule has 1 aliphatic heterocycles. The van der Waals surface area contributed by atoms with Crippen LogP contribution in [0.4, 0.5) is 10.1 Å². The van der Waals surface area contributed by atoms with E-state index in [1.807, 2.05) is 0 Å². The summed E-state index contributed by atoms with van der Waals surface area (Å²) in [6, 6.07) is 4.47. The maximum Gasteiger partial charge on any atom is 0.129 e. The van der Waals surface area contributed by atoms with Gasteiger partial charge in [0.05, 0.1) is 0 Å². The second kappa shape index (κ2) is 4.01. The topological polar surface area (TPSA) is 73.3 Å². The first-order valence-corrected chi connectivity index (χ1v) is 5.21. The third kappa shape index (κ3) is 2.02. The van der Waals surface area contributed by atoms with Gasteiger partial charge in [0.2, 0.25) is 0 Å². The molecule has 16 heavy (non-hydrogen) atoms. The zero-order chi connectivity index (χ0) is 11.8. The molecule has 0 aromatic heterocycles. The van der Waals surface area contributed by atoms with Crippen molar-refractivity contribution in [1.29, 1.82) is 0 Å². The van der Waals surface area contributed by atoms with E-state index >= 15 is 0 Å². The molecule has 2 rings (SSSR count). The Hall–Kier alpha value is -1.17. The van der Waals surface area contributed by atoms with Gasteiger partial charge in [0.15, 0.2) is 0 Å². The highest BCUT2D eigenvalue weighted by Crippen LogP contribution is 2.30. The number of nitrogen functional groups attached to an aromatic ring is 1. The Kier molecular flexibility index (Phi) is 2.84. The lowest BCUT2D eigenvalue weighted by Gasteiger charge is -2.38. The van der Waals surface area contributed by atoms with E-state index in [0.29, 0.717) is 24.3 Å². The van der Waals surface area contributed by atoms with Crippen LogP contribution in [0.2, 0.25) is 0 Å². The van der Waals surface area contributed by atoms with Crippen LogP contribution < -0.4 is 16.8 Å². The number of ether oxygens (including phenoxy) is 1. The van der Waals surface area contributed by atoms with Crippen molar-refractivity contribution in [2.45, 2.75) is 18.8 Å². The van der Waals surface area contributed by atoms with Crippen molar-refractivity contribution in [3.63, 3.8) is 0 Å². The first kappa shape index (κ1) is 11.3. The van der Waals surface area contributed by atoms with Crippen LogP contribution in [-0.4, -0.2) is 19.3 Å². The van der Waals surface area contributed by atoms with Crippen molar-refractivity contribution in [2.75, 3.05) is 18.8 Å². The number of halogens is 1. The molecule has 1 aromatic carbocycles. The van der Waals surface area contributed by atoms with Gasteiger partial charge in [-0.2, -0.15) is 0 Å². The Bertz CT molecular complexity index is 399. The molecule has 1 saturated heterocycles. The molecule has 1 aromatic rings. The second-order valence-corrected chi connectivity index (χ2v) is 4.26. The standard InChI is InChI=1S/C11H16FN3O/c1-11(6-15-5-10(14)16-11)8-4-7(13)2-3-9(8)12/h2-4,10,15H,5-6,13-14H2,1H3. The number of hydrogen-bond donors (Lipinski definition) is 3. The first-order valence-electron chi connectivity index (χ1n) is 5.21. The average molecular weight is 225 g/mol. The van der Waals surface area contributed by atoms with Crippen LogP contribution in [0, 0.1) is 5.82 Å². The van der Waals surface area contributed by atoms with Crippen molar-refractivity contribution in [1.82, 2.24) is 5.32 Å². The summed E-state index contributed by atoms with van der Waals surface area (Å²) in [5, 5.41) is 3.11. The molecule has 5 N–H and O–H groups in total. The Morgan fingerprint density at radius 3 is 3.00 bits per heavy atom. The molecule has 1 fully saturated rings. The molecule has 0 saturated carbocycles. The summed E-state index contributed by atoms with van der Waals surface area (Å²) in [5.41, 5.74) is 11.5. The largest absolute Gasteiger partial charge is 0.399 e. The van der Waals surface area contributed by atoms with E-state index in [-0.39, 0.29) is 5.82 Å². The average Bonchev–Trinajstić information content (AvgIpc) is 2.21. The van der Waals surface area contributed by atoms with Gasteiger partial charge in [-0.05, 0) is 25.1 Å². The first-order chi connectivity index (χ1) is 7.51. The Morgan fingerprint density at radius 1 is 1.56 bits per heavy atom. The highest BCUT2D eigenvalue weighted by Gasteiger charge is 2.35. The van der Waals surface area contributed by atoms with E-state index in [4.69, 9.17) is 16.2 Å². The van der Waals surface area contributed by atoms with Crippen LogP contribution in [-0.2, 0) is 10.3 Å². The fourth-order valence-electron chi connectivity index (χ4n) is 1.98. The zero-order valence-electron chi connectivity index (χ0n) is 9.16. The number of nitrogens with one attached hydrogen (secondary N) is 1. The van der Waals surface area contributed by atoms with Crippen molar-refractivity contribution in [3.8, 4) is 0 Å². The lowest BCUT2D eigenvalue weighted by Crippen LogP contribution is -2.53. The summed E-state index contributed by atoms with van der Waals surface area (Å²) in [4.78, 5) is 0. The van der Waals surface area contributed by atoms with Crippen LogP contribution >= 0.6 is 0 Å². The molecule has 88 valence electrons. The van der Waals surface area contributed by atoms with Gasteiger partial charge in [0.25, 0.3) is 0 Å². The van der Waals surface area contributed by atoms with Gasteiger partial charge in [-0.1, -0.05) is 0 Å². The molecule has 0 amide bonds. The summed E-state index contributed by atoms with van der Waals surface area (Å²) >= 11 is 0. The Labute approximate surface area is 93.8 Å². The van der Waals surface area contributed by atoms with Gasteiger partial charge < -0.3 is 21.5 Å². The van der Waals surface area contributed by atoms with Gasteiger partial charge in [-0.3, -0.25) is 0 Å². The van der Waals surface area contributed by atoms with Crippen molar-refractivity contribution < 1.29 is 9.13 Å². The summed E-state index contributed by atoms with van der Waals surface area (Å²) < 4.78 is 19.3. The van der Waals surface area contributed by atoms with E-state index in [9.17, 15) is 4.39 Å². The van der Waals surface area contributed by atoms with Gasteiger partial charge in [-0.25, -0.2) is 4.39 Å². The minimum atomic E-state index is -0.767. The van der Waals surface area contributed by atoms with Crippen LogP contribution in [0.5, 0.6) is 0 Å². The Balaban J connectivity index is 2.37. The van der Waals surface area contributed by atoms with Crippen molar-refractivity contribution in [3.05, 3.63) is 29.6 Å². The molecule has 0 aliphatic carbocycles. The summed E-state index contributed by atoms with van der Waals surface area (Å²) in [7, 11) is 0. The van der Waals surface area contributed by atoms with Crippen molar-refractivity contribution >= 4 is 5.69 Å². The lowest BCUT2D eigenvalue weighted by molar-refractivity contribution is -0.109. The van der Waals surface area contributed by atoms with Crippen molar-refractivity contribution in [2.24, 2.45) is 5.73 Å². The molecule has 1 aliphatic rings. The Morgan fingerprint density at radius 2 is 2.31 bits per heavy atom. The molecule has 4 nitrogen and oxygen atoms in total. The minimum absolute atomic E-state index is 0.326. The summed E-state index contributed by atoms with van der Waals surface area (Å²) in [6.45, 7) is 2.89. The molecule has 5 heteroatoms. The van der Waals surface area contributed by atoms with E-state index in [0.717, 1.165) is 0 Å². The molecule has 2 atom stereocenters. The monoisotopic (exact) mass is 225 g/mol. The number of anilines is 1. The normalized spacial score (nSPS) is 30.3. The van der Waals surface area contributed by atoms with Gasteiger partial charge in [-0.15, -0.1) is 0 Å². The molecular formula is C11H16FN3O. The zero-order valence-corrected chi connectivity index (χ0v) is 9.16. The van der Waals surface area contributed by atoms with Crippen LogP contribution in [0.15, 0.2) is 18.2 Å². The smallest absolute Gasteiger partial charge is 0.129 e. The molecule has 0 radical (unpaired) electrons. The SMILES string of the molecule is CC1(c2cc(N)ccc2F)CNCC(N)O1. The molecule has 0 bridgehead atoms. The highest BCUT2D eigenvalue weighted by molar-refractivity contribution is 5.43. The summed E-state index contributed by atoms with van der Waals surface area (Å²) in [5.74, 6) is -0.326. The number of hydrogen-bond acceptors (Lipinski definition) is 4. The molecular weight excluding hydrogens is 209 g/mol. The van der Waals surface area contributed by atoms with Gasteiger partial charge in [0.1, 0.15) is 17.6 Å². The predicted octanol–water partition coefficient (Wildman–Crippen LogP) is 0.528. The maximum atomic E-state index is 13.7. The molecule has 1 heterocycles. The quantitative estimate of drug-likeness (QED) is 0.609. The number of morpholine rings is 1. The third-order valence-electron chi connectivity index (χ3n) is 2.78. The van der Waals surface area contributed by atoms with Gasteiger partial charge >= 0.3 is 0 Å². The molecule has 0 spiro atoms. The second-order valence-electron chi connectivity index (χ2n) is 4.26. The van der Waals surface area contributed by atoms with Crippen LogP contribution in [0.1, 0.15) is 12.5 Å². The molecule has 2 unspecified atom stereocenters. The number of rotatable bonds is 1. The van der Waals surface area contributed by atoms with E-state index in [1.54, 1.807) is 13.0 Å². The fourth-order valence-corrected chi connectivity index (χ4v) is 1.98. The van der Waals surface area contributed by atoms with Crippen LogP contribution in [0.25, 0.3) is 0 Å². The van der Waals surface area contributed by atoms with E-state index < -0.39 is 11.8 Å². The number of nitrogens with two attached hydrogens (primary N) is 2. The summed E-state index contributed by atoms with van der Waals surface area (Å²) in [6.07, 6.45) is -0.431. The maximum absolute atomic E-state index is 13.7. The predicted molar refractivity (Wildman–Crippen MR) is 60.1 cm³/mol. The highest BCUT2D eigenvalue weighted by atomic mass is 19.1. The minimum Gasteiger partial charge on any atom is -0.399 e. The fraction of sp³-hybridized carbons (Fsp3) is 0.455. The van der Waals surface area contributed by atoms with E-state index in [1.165, 1.54) is 12.1 Å².